The summed E-state index contributed by atoms with van der Waals surface area (Å²) in [6.07, 6.45) is 0. The van der Waals surface area contributed by atoms with E-state index in [1.165, 1.54) is 0 Å². The van der Waals surface area contributed by atoms with Crippen LogP contribution >= 0.6 is 11.6 Å². The lowest BCUT2D eigenvalue weighted by Gasteiger charge is -2.23. The first kappa shape index (κ1) is 9.58. The number of rotatable bonds is 2. The molecule has 0 unspecified atom stereocenters. The number of halogens is 3. The SMILES string of the molecule is C[C@@](N)(C(=O)O)C(F)(F)Cl. The lowest BCUT2D eigenvalue weighted by Crippen LogP contribution is -2.56. The Bertz CT molecular complexity index is 154. The van der Waals surface area contributed by atoms with Crippen LogP contribution in [0, 0.1) is 0 Å². The maximum atomic E-state index is 12.0. The van der Waals surface area contributed by atoms with Crippen molar-refractivity contribution >= 4 is 17.6 Å². The molecule has 3 N–H and O–H groups in total. The Kier molecular flexibility index (Phi) is 2.22. The van der Waals surface area contributed by atoms with Gasteiger partial charge in [0.05, 0.1) is 0 Å². The van der Waals surface area contributed by atoms with Crippen LogP contribution in [0.1, 0.15) is 6.92 Å². The van der Waals surface area contributed by atoms with Gasteiger partial charge in [0.2, 0.25) is 0 Å². The van der Waals surface area contributed by atoms with Gasteiger partial charge in [-0.25, -0.2) is 4.79 Å². The second-order valence-corrected chi connectivity index (χ2v) is 2.48. The summed E-state index contributed by atoms with van der Waals surface area (Å²) >= 11 is 4.38. The molecular weight excluding hydrogens is 167 g/mol. The highest BCUT2D eigenvalue weighted by Crippen LogP contribution is 2.30. The first-order valence-electron chi connectivity index (χ1n) is 2.28. The molecule has 0 amide bonds. The molecule has 0 aliphatic carbocycles. The molecule has 10 heavy (non-hydrogen) atoms. The highest BCUT2D eigenvalue weighted by molar-refractivity contribution is 6.24. The van der Waals surface area contributed by atoms with E-state index in [1.54, 1.807) is 0 Å². The molecule has 0 saturated heterocycles. The van der Waals surface area contributed by atoms with E-state index in [0.717, 1.165) is 0 Å². The van der Waals surface area contributed by atoms with Crippen LogP contribution < -0.4 is 5.73 Å². The summed E-state index contributed by atoms with van der Waals surface area (Å²) in [4.78, 5) is 9.98. The Labute approximate surface area is 60.8 Å². The number of carboxylic acids is 1. The third kappa shape index (κ3) is 1.54. The first-order valence-corrected chi connectivity index (χ1v) is 2.66. The van der Waals surface area contributed by atoms with Gasteiger partial charge in [-0.15, -0.1) is 0 Å². The van der Waals surface area contributed by atoms with E-state index in [1.807, 2.05) is 0 Å². The minimum absolute atomic E-state index is 0.641. The smallest absolute Gasteiger partial charge is 0.349 e. The summed E-state index contributed by atoms with van der Waals surface area (Å²) in [6, 6.07) is 0. The van der Waals surface area contributed by atoms with Crippen molar-refractivity contribution in [1.82, 2.24) is 0 Å². The third-order valence-corrected chi connectivity index (χ3v) is 1.43. The molecule has 0 aliphatic heterocycles. The summed E-state index contributed by atoms with van der Waals surface area (Å²) in [5, 5.41) is 4.16. The third-order valence-electron chi connectivity index (χ3n) is 1.03. The van der Waals surface area contributed by atoms with Gasteiger partial charge in [-0.1, -0.05) is 0 Å². The molecule has 0 radical (unpaired) electrons. The lowest BCUT2D eigenvalue weighted by molar-refractivity contribution is -0.151. The van der Waals surface area contributed by atoms with Crippen molar-refractivity contribution < 1.29 is 18.7 Å². The maximum absolute atomic E-state index is 12.0. The number of hydrogen-bond donors (Lipinski definition) is 2. The van der Waals surface area contributed by atoms with E-state index in [0.29, 0.717) is 6.92 Å². The molecule has 6 heteroatoms. The zero-order valence-corrected chi connectivity index (χ0v) is 5.82. The minimum atomic E-state index is -3.93. The Hall–Kier alpha value is -0.420. The summed E-state index contributed by atoms with van der Waals surface area (Å²) in [5.41, 5.74) is 1.94. The van der Waals surface area contributed by atoms with Crippen LogP contribution in [0.5, 0.6) is 0 Å². The van der Waals surface area contributed by atoms with Crippen molar-refractivity contribution in [2.75, 3.05) is 0 Å². The molecule has 0 spiro atoms. The Morgan fingerprint density at radius 2 is 2.00 bits per heavy atom. The predicted octanol–water partition coefficient (Wildman–Crippen LogP) is 0.620. The topological polar surface area (TPSA) is 63.3 Å². The van der Waals surface area contributed by atoms with Crippen molar-refractivity contribution in [3.63, 3.8) is 0 Å². The summed E-state index contributed by atoms with van der Waals surface area (Å²) in [7, 11) is 0. The maximum Gasteiger partial charge on any atom is 0.349 e. The number of aliphatic carboxylic acids is 1. The highest BCUT2D eigenvalue weighted by atomic mass is 35.5. The highest BCUT2D eigenvalue weighted by Gasteiger charge is 2.52. The lowest BCUT2D eigenvalue weighted by atomic mass is 10.1. The van der Waals surface area contributed by atoms with Crippen LogP contribution in [0.15, 0.2) is 0 Å². The summed E-state index contributed by atoms with van der Waals surface area (Å²) < 4.78 is 24.0. The number of carboxylic acid groups (broad SMARTS) is 1. The minimum Gasteiger partial charge on any atom is -0.480 e. The Balaban J connectivity index is 4.57. The Morgan fingerprint density at radius 3 is 2.00 bits per heavy atom. The van der Waals surface area contributed by atoms with Crippen molar-refractivity contribution in [1.29, 1.82) is 0 Å². The standard InChI is InChI=1S/C4H6ClF2NO2/c1-3(8,2(9)10)4(5,6)7/h8H2,1H3,(H,9,10)/t3-/m1/s1. The average molecular weight is 174 g/mol. The largest absolute Gasteiger partial charge is 0.480 e. The fourth-order valence-corrected chi connectivity index (χ4v) is 0.202. The van der Waals surface area contributed by atoms with Gasteiger partial charge in [-0.2, -0.15) is 8.78 Å². The molecule has 60 valence electrons. The fraction of sp³-hybridized carbons (Fsp3) is 0.750. The van der Waals surface area contributed by atoms with Crippen molar-refractivity contribution in [3.8, 4) is 0 Å². The monoisotopic (exact) mass is 173 g/mol. The molecular formula is C4H6ClF2NO2. The molecule has 0 aromatic rings. The second-order valence-electron chi connectivity index (χ2n) is 2.01. The molecule has 0 bridgehead atoms. The number of hydrogen-bond acceptors (Lipinski definition) is 2. The average Bonchev–Trinajstić information content (AvgIpc) is 1.62. The van der Waals surface area contributed by atoms with E-state index in [2.05, 4.69) is 17.3 Å². The normalized spacial score (nSPS) is 18.1. The van der Waals surface area contributed by atoms with Gasteiger partial charge in [0, 0.05) is 0 Å². The second kappa shape index (κ2) is 2.32. The van der Waals surface area contributed by atoms with Crippen molar-refractivity contribution in [2.24, 2.45) is 5.73 Å². The molecule has 0 aromatic heterocycles. The van der Waals surface area contributed by atoms with Crippen LogP contribution in [0.25, 0.3) is 0 Å². The van der Waals surface area contributed by atoms with Gasteiger partial charge in [0.25, 0.3) is 0 Å². The van der Waals surface area contributed by atoms with Crippen LogP contribution in [0.4, 0.5) is 8.78 Å². The molecule has 3 nitrogen and oxygen atoms in total. The molecule has 0 fully saturated rings. The van der Waals surface area contributed by atoms with Crippen LogP contribution in [0.3, 0.4) is 0 Å². The number of nitrogens with two attached hydrogens (primary N) is 1. The summed E-state index contributed by atoms with van der Waals surface area (Å²) in [6.45, 7) is 0.641. The predicted molar refractivity (Wildman–Crippen MR) is 31.0 cm³/mol. The van der Waals surface area contributed by atoms with Gasteiger partial charge in [-0.05, 0) is 18.5 Å². The van der Waals surface area contributed by atoms with Gasteiger partial charge in [-0.3, -0.25) is 0 Å². The molecule has 0 saturated carbocycles. The Morgan fingerprint density at radius 1 is 1.70 bits per heavy atom. The van der Waals surface area contributed by atoms with E-state index in [9.17, 15) is 13.6 Å². The van der Waals surface area contributed by atoms with Crippen LogP contribution in [-0.4, -0.2) is 22.0 Å². The number of alkyl halides is 3. The molecule has 0 aliphatic rings. The fourth-order valence-electron chi connectivity index (χ4n) is 0.121. The zero-order valence-electron chi connectivity index (χ0n) is 5.07. The van der Waals surface area contributed by atoms with Gasteiger partial charge in [0.15, 0.2) is 5.54 Å². The first-order chi connectivity index (χ1) is 4.19. The van der Waals surface area contributed by atoms with E-state index in [4.69, 9.17) is 5.11 Å². The number of carbonyl (C=O) groups is 1. The molecule has 1 atom stereocenters. The molecule has 0 heterocycles. The van der Waals surface area contributed by atoms with Gasteiger partial charge < -0.3 is 10.8 Å². The van der Waals surface area contributed by atoms with E-state index in [-0.39, 0.29) is 0 Å². The van der Waals surface area contributed by atoms with Crippen molar-refractivity contribution in [2.45, 2.75) is 17.8 Å². The van der Waals surface area contributed by atoms with Gasteiger partial charge in [0.1, 0.15) is 0 Å². The van der Waals surface area contributed by atoms with E-state index >= 15 is 0 Å². The van der Waals surface area contributed by atoms with Gasteiger partial charge >= 0.3 is 11.4 Å². The van der Waals surface area contributed by atoms with E-state index < -0.39 is 16.9 Å². The van der Waals surface area contributed by atoms with Crippen molar-refractivity contribution in [3.05, 3.63) is 0 Å². The zero-order chi connectivity index (χ0) is 8.58. The quantitative estimate of drug-likeness (QED) is 0.602. The van der Waals surface area contributed by atoms with Crippen LogP contribution in [-0.2, 0) is 4.79 Å². The molecule has 0 rings (SSSR count). The van der Waals surface area contributed by atoms with Crippen LogP contribution in [0.2, 0.25) is 0 Å². The molecule has 0 aromatic carbocycles. The summed E-state index contributed by atoms with van der Waals surface area (Å²) in [5.74, 6) is -1.84.